The average molecular weight is 435 g/mol. The van der Waals surface area contributed by atoms with E-state index in [0.29, 0.717) is 30.2 Å². The number of amides is 1. The molecule has 0 aliphatic heterocycles. The fourth-order valence-corrected chi connectivity index (χ4v) is 4.36. The standard InChI is InChI=1S/C22H30N2O5S/c1-7-24(15-17-11-12-20(28-5)21(13-17)29-6)22(25)18-9-8-10-19(14-18)30(26,27)23(4)16(2)3/h8-14,16H,7,15H2,1-6H3. The number of benzene rings is 2. The number of sulfonamides is 1. The first-order chi connectivity index (χ1) is 14.1. The van der Waals surface area contributed by atoms with E-state index in [1.807, 2.05) is 19.1 Å². The summed E-state index contributed by atoms with van der Waals surface area (Å²) in [6.07, 6.45) is 0. The lowest BCUT2D eigenvalue weighted by molar-refractivity contribution is 0.0752. The van der Waals surface area contributed by atoms with Gasteiger partial charge in [-0.15, -0.1) is 0 Å². The predicted molar refractivity (Wildman–Crippen MR) is 116 cm³/mol. The van der Waals surface area contributed by atoms with E-state index in [1.54, 1.807) is 51.2 Å². The van der Waals surface area contributed by atoms with Gasteiger partial charge >= 0.3 is 0 Å². The Bertz CT molecular complexity index is 989. The van der Waals surface area contributed by atoms with E-state index in [-0.39, 0.29) is 16.8 Å². The number of methoxy groups -OCH3 is 2. The van der Waals surface area contributed by atoms with Crippen LogP contribution in [-0.2, 0) is 16.6 Å². The molecule has 2 rings (SSSR count). The number of hydrogen-bond donors (Lipinski definition) is 0. The van der Waals surface area contributed by atoms with Crippen LogP contribution in [0.5, 0.6) is 11.5 Å². The molecule has 30 heavy (non-hydrogen) atoms. The van der Waals surface area contributed by atoms with Gasteiger partial charge in [-0.25, -0.2) is 8.42 Å². The highest BCUT2D eigenvalue weighted by Crippen LogP contribution is 2.28. The fraction of sp³-hybridized carbons (Fsp3) is 0.409. The van der Waals surface area contributed by atoms with E-state index in [1.165, 1.54) is 23.5 Å². The first-order valence-corrected chi connectivity index (χ1v) is 11.2. The topological polar surface area (TPSA) is 76.1 Å². The van der Waals surface area contributed by atoms with Gasteiger partial charge in [0.05, 0.1) is 19.1 Å². The molecule has 0 saturated carbocycles. The van der Waals surface area contributed by atoms with Crippen molar-refractivity contribution in [2.75, 3.05) is 27.8 Å². The minimum atomic E-state index is -3.67. The molecule has 0 bridgehead atoms. The summed E-state index contributed by atoms with van der Waals surface area (Å²) < 4.78 is 37.4. The molecule has 164 valence electrons. The summed E-state index contributed by atoms with van der Waals surface area (Å²) in [6, 6.07) is 11.5. The zero-order chi connectivity index (χ0) is 22.5. The van der Waals surface area contributed by atoms with Gasteiger partial charge in [-0.1, -0.05) is 12.1 Å². The molecule has 0 aliphatic carbocycles. The summed E-state index contributed by atoms with van der Waals surface area (Å²) in [5.41, 5.74) is 1.21. The second kappa shape index (κ2) is 9.95. The third kappa shape index (κ3) is 5.12. The first-order valence-electron chi connectivity index (χ1n) is 9.74. The molecule has 0 heterocycles. The Labute approximate surface area is 179 Å². The average Bonchev–Trinajstić information content (AvgIpc) is 2.76. The molecule has 0 fully saturated rings. The van der Waals surface area contributed by atoms with E-state index in [9.17, 15) is 13.2 Å². The maximum Gasteiger partial charge on any atom is 0.254 e. The van der Waals surface area contributed by atoms with Crippen LogP contribution in [0.25, 0.3) is 0 Å². The lowest BCUT2D eigenvalue weighted by Crippen LogP contribution is -2.33. The summed E-state index contributed by atoms with van der Waals surface area (Å²) in [5.74, 6) is 0.961. The summed E-state index contributed by atoms with van der Waals surface area (Å²) in [7, 11) is 0.988. The van der Waals surface area contributed by atoms with Crippen molar-refractivity contribution in [3.63, 3.8) is 0 Å². The van der Waals surface area contributed by atoms with E-state index in [0.717, 1.165) is 5.56 Å². The quantitative estimate of drug-likeness (QED) is 0.605. The van der Waals surface area contributed by atoms with Gasteiger partial charge in [0.25, 0.3) is 5.91 Å². The molecule has 0 atom stereocenters. The van der Waals surface area contributed by atoms with Gasteiger partial charge < -0.3 is 14.4 Å². The van der Waals surface area contributed by atoms with Crippen molar-refractivity contribution >= 4 is 15.9 Å². The van der Waals surface area contributed by atoms with Gasteiger partial charge in [0.15, 0.2) is 11.5 Å². The van der Waals surface area contributed by atoms with Crippen molar-refractivity contribution in [2.45, 2.75) is 38.3 Å². The van der Waals surface area contributed by atoms with E-state index >= 15 is 0 Å². The Morgan fingerprint density at radius 1 is 1.03 bits per heavy atom. The second-order valence-corrected chi connectivity index (χ2v) is 9.15. The highest BCUT2D eigenvalue weighted by molar-refractivity contribution is 7.89. The number of rotatable bonds is 9. The predicted octanol–water partition coefficient (Wildman–Crippen LogP) is 3.40. The van der Waals surface area contributed by atoms with Crippen molar-refractivity contribution < 1.29 is 22.7 Å². The summed E-state index contributed by atoms with van der Waals surface area (Å²) >= 11 is 0. The molecule has 7 nitrogen and oxygen atoms in total. The minimum absolute atomic E-state index is 0.103. The zero-order valence-electron chi connectivity index (χ0n) is 18.4. The maximum absolute atomic E-state index is 13.1. The lowest BCUT2D eigenvalue weighted by atomic mass is 10.1. The second-order valence-electron chi connectivity index (χ2n) is 7.15. The van der Waals surface area contributed by atoms with Crippen molar-refractivity contribution in [3.8, 4) is 11.5 Å². The highest BCUT2D eigenvalue weighted by Gasteiger charge is 2.25. The van der Waals surface area contributed by atoms with Gasteiger partial charge in [0, 0.05) is 31.7 Å². The van der Waals surface area contributed by atoms with Crippen molar-refractivity contribution in [3.05, 3.63) is 53.6 Å². The number of carbonyl (C=O) groups excluding carboxylic acids is 1. The molecule has 0 N–H and O–H groups in total. The maximum atomic E-state index is 13.1. The third-order valence-corrected chi connectivity index (χ3v) is 7.01. The molecule has 0 aromatic heterocycles. The Morgan fingerprint density at radius 3 is 2.27 bits per heavy atom. The third-order valence-electron chi connectivity index (χ3n) is 4.98. The van der Waals surface area contributed by atoms with Crippen molar-refractivity contribution in [2.24, 2.45) is 0 Å². The molecule has 0 saturated heterocycles. The molecule has 0 unspecified atom stereocenters. The van der Waals surface area contributed by atoms with E-state index in [4.69, 9.17) is 9.47 Å². The number of hydrogen-bond acceptors (Lipinski definition) is 5. The number of carbonyl (C=O) groups is 1. The van der Waals surface area contributed by atoms with Crippen LogP contribution >= 0.6 is 0 Å². The smallest absolute Gasteiger partial charge is 0.254 e. The van der Waals surface area contributed by atoms with Gasteiger partial charge in [-0.3, -0.25) is 4.79 Å². The zero-order valence-corrected chi connectivity index (χ0v) is 19.2. The highest BCUT2D eigenvalue weighted by atomic mass is 32.2. The fourth-order valence-electron chi connectivity index (χ4n) is 2.94. The Balaban J connectivity index is 2.30. The molecule has 8 heteroatoms. The first kappa shape index (κ1) is 23.7. The number of ether oxygens (including phenoxy) is 2. The van der Waals surface area contributed by atoms with Crippen LogP contribution in [0.3, 0.4) is 0 Å². The van der Waals surface area contributed by atoms with Crippen LogP contribution in [0.1, 0.15) is 36.7 Å². The van der Waals surface area contributed by atoms with E-state index < -0.39 is 10.0 Å². The molecule has 0 spiro atoms. The molecular formula is C22H30N2O5S. The molecular weight excluding hydrogens is 404 g/mol. The van der Waals surface area contributed by atoms with Crippen molar-refractivity contribution in [1.82, 2.24) is 9.21 Å². The number of nitrogens with zero attached hydrogens (tertiary/aromatic N) is 2. The van der Waals surface area contributed by atoms with Gasteiger partial charge in [-0.2, -0.15) is 4.31 Å². The molecule has 2 aromatic rings. The monoisotopic (exact) mass is 434 g/mol. The van der Waals surface area contributed by atoms with Gasteiger partial charge in [-0.05, 0) is 56.7 Å². The van der Waals surface area contributed by atoms with Crippen LogP contribution in [0.15, 0.2) is 47.4 Å². The van der Waals surface area contributed by atoms with E-state index in [2.05, 4.69) is 0 Å². The summed E-state index contributed by atoms with van der Waals surface area (Å²) in [6.45, 7) is 6.31. The lowest BCUT2D eigenvalue weighted by Gasteiger charge is -2.23. The normalized spacial score (nSPS) is 11.6. The van der Waals surface area contributed by atoms with Crippen molar-refractivity contribution in [1.29, 1.82) is 0 Å². The molecule has 1 amide bonds. The Kier molecular flexibility index (Phi) is 7.86. The largest absolute Gasteiger partial charge is 0.493 e. The van der Waals surface area contributed by atoms with Gasteiger partial charge in [0.2, 0.25) is 10.0 Å². The van der Waals surface area contributed by atoms with Crippen LogP contribution in [0, 0.1) is 0 Å². The minimum Gasteiger partial charge on any atom is -0.493 e. The van der Waals surface area contributed by atoms with Crippen LogP contribution < -0.4 is 9.47 Å². The summed E-state index contributed by atoms with van der Waals surface area (Å²) in [5, 5.41) is 0. The molecule has 2 aromatic carbocycles. The van der Waals surface area contributed by atoms with Crippen LogP contribution in [0.2, 0.25) is 0 Å². The van der Waals surface area contributed by atoms with Crippen LogP contribution in [-0.4, -0.2) is 57.4 Å². The SMILES string of the molecule is CCN(Cc1ccc(OC)c(OC)c1)C(=O)c1cccc(S(=O)(=O)N(C)C(C)C)c1. The molecule has 0 radical (unpaired) electrons. The molecule has 0 aliphatic rings. The summed E-state index contributed by atoms with van der Waals surface area (Å²) in [4.78, 5) is 14.9. The van der Waals surface area contributed by atoms with Gasteiger partial charge in [0.1, 0.15) is 0 Å². The Hall–Kier alpha value is -2.58. The van der Waals surface area contributed by atoms with Crippen LogP contribution in [0.4, 0.5) is 0 Å². The Morgan fingerprint density at radius 2 is 1.70 bits per heavy atom.